The second-order valence-electron chi connectivity index (χ2n) is 4.74. The van der Waals surface area contributed by atoms with Crippen LogP contribution in [0.5, 0.6) is 0 Å². The van der Waals surface area contributed by atoms with Gasteiger partial charge in [0.05, 0.1) is 5.41 Å². The molecule has 1 aromatic rings. The molecule has 0 aromatic carbocycles. The summed E-state index contributed by atoms with van der Waals surface area (Å²) in [5.74, 6) is -0.0115. The van der Waals surface area contributed by atoms with Crippen LogP contribution in [0.4, 0.5) is 5.69 Å². The van der Waals surface area contributed by atoms with Gasteiger partial charge in [0.25, 0.3) is 0 Å². The SMILES string of the molecule is Cc1cnccc1NC(=O)C1(CN)CCOCC1.Cl.Cl. The first-order chi connectivity index (χ1) is 8.68. The Morgan fingerprint density at radius 1 is 1.45 bits per heavy atom. The van der Waals surface area contributed by atoms with Gasteiger partial charge in [0.2, 0.25) is 5.91 Å². The topological polar surface area (TPSA) is 77.2 Å². The maximum absolute atomic E-state index is 12.4. The lowest BCUT2D eigenvalue weighted by Crippen LogP contribution is -2.46. The third kappa shape index (κ3) is 4.06. The lowest BCUT2D eigenvalue weighted by Gasteiger charge is -2.34. The Balaban J connectivity index is 0.00000180. The summed E-state index contributed by atoms with van der Waals surface area (Å²) in [4.78, 5) is 16.4. The summed E-state index contributed by atoms with van der Waals surface area (Å²) in [7, 11) is 0. The molecular formula is C13H21Cl2N3O2. The molecule has 20 heavy (non-hydrogen) atoms. The van der Waals surface area contributed by atoms with Crippen molar-refractivity contribution in [1.82, 2.24) is 4.98 Å². The Labute approximate surface area is 131 Å². The summed E-state index contributed by atoms with van der Waals surface area (Å²) in [6.07, 6.45) is 4.76. The van der Waals surface area contributed by atoms with Crippen LogP contribution in [0, 0.1) is 12.3 Å². The number of aryl methyl sites for hydroxylation is 1. The minimum absolute atomic E-state index is 0. The zero-order valence-corrected chi connectivity index (χ0v) is 13.1. The monoisotopic (exact) mass is 321 g/mol. The van der Waals surface area contributed by atoms with E-state index in [1.807, 2.05) is 6.92 Å². The number of aromatic nitrogens is 1. The largest absolute Gasteiger partial charge is 0.381 e. The van der Waals surface area contributed by atoms with Crippen molar-refractivity contribution in [3.63, 3.8) is 0 Å². The van der Waals surface area contributed by atoms with E-state index in [4.69, 9.17) is 10.5 Å². The number of amides is 1. The molecule has 2 rings (SSSR count). The summed E-state index contributed by atoms with van der Waals surface area (Å²) in [6.45, 7) is 3.47. The number of pyridine rings is 1. The fourth-order valence-corrected chi connectivity index (χ4v) is 2.15. The molecule has 1 aromatic heterocycles. The average Bonchev–Trinajstić information content (AvgIpc) is 2.42. The quantitative estimate of drug-likeness (QED) is 0.891. The summed E-state index contributed by atoms with van der Waals surface area (Å²) in [5, 5.41) is 2.96. The Morgan fingerprint density at radius 3 is 2.65 bits per heavy atom. The summed E-state index contributed by atoms with van der Waals surface area (Å²) in [6, 6.07) is 1.80. The highest BCUT2D eigenvalue weighted by Gasteiger charge is 2.38. The molecule has 1 aliphatic heterocycles. The van der Waals surface area contributed by atoms with Gasteiger partial charge in [-0.05, 0) is 31.4 Å². The van der Waals surface area contributed by atoms with Crippen LogP contribution >= 0.6 is 24.8 Å². The fourth-order valence-electron chi connectivity index (χ4n) is 2.15. The first-order valence-electron chi connectivity index (χ1n) is 6.18. The Kier molecular flexibility index (Phi) is 8.05. The van der Waals surface area contributed by atoms with Crippen molar-refractivity contribution in [3.05, 3.63) is 24.0 Å². The number of hydrogen-bond acceptors (Lipinski definition) is 4. The van der Waals surface area contributed by atoms with E-state index in [1.165, 1.54) is 0 Å². The van der Waals surface area contributed by atoms with Gasteiger partial charge in [-0.25, -0.2) is 0 Å². The van der Waals surface area contributed by atoms with Gasteiger partial charge >= 0.3 is 0 Å². The second-order valence-corrected chi connectivity index (χ2v) is 4.74. The van der Waals surface area contributed by atoms with Crippen molar-refractivity contribution in [1.29, 1.82) is 0 Å². The van der Waals surface area contributed by atoms with Gasteiger partial charge < -0.3 is 15.8 Å². The van der Waals surface area contributed by atoms with Crippen LogP contribution in [0.25, 0.3) is 0 Å². The molecule has 5 nitrogen and oxygen atoms in total. The molecular weight excluding hydrogens is 301 g/mol. The van der Waals surface area contributed by atoms with E-state index in [2.05, 4.69) is 10.3 Å². The minimum atomic E-state index is -0.492. The number of nitrogens with two attached hydrogens (primary N) is 1. The van der Waals surface area contributed by atoms with Gasteiger partial charge in [0.15, 0.2) is 0 Å². The molecule has 0 aliphatic carbocycles. The third-order valence-electron chi connectivity index (χ3n) is 3.59. The standard InChI is InChI=1S/C13H19N3O2.2ClH/c1-10-8-15-5-2-11(10)16-12(17)13(9-14)3-6-18-7-4-13;;/h2,5,8H,3-4,6-7,9,14H2,1H3,(H,15,16,17);2*1H. The normalized spacial score (nSPS) is 16.5. The Hall–Kier alpha value is -0.880. The highest BCUT2D eigenvalue weighted by molar-refractivity contribution is 5.96. The first-order valence-corrected chi connectivity index (χ1v) is 6.18. The van der Waals surface area contributed by atoms with Crippen molar-refractivity contribution >= 4 is 36.4 Å². The third-order valence-corrected chi connectivity index (χ3v) is 3.59. The number of hydrogen-bond donors (Lipinski definition) is 2. The maximum Gasteiger partial charge on any atom is 0.232 e. The van der Waals surface area contributed by atoms with Crippen LogP contribution in [0.15, 0.2) is 18.5 Å². The first kappa shape index (κ1) is 19.1. The minimum Gasteiger partial charge on any atom is -0.381 e. The Bertz CT molecular complexity index is 437. The Morgan fingerprint density at radius 2 is 2.10 bits per heavy atom. The molecule has 1 saturated heterocycles. The smallest absolute Gasteiger partial charge is 0.232 e. The van der Waals surface area contributed by atoms with Crippen molar-refractivity contribution in [2.24, 2.45) is 11.1 Å². The van der Waals surface area contributed by atoms with Crippen molar-refractivity contribution in [2.75, 3.05) is 25.1 Å². The molecule has 3 N–H and O–H groups in total. The zero-order chi connectivity index (χ0) is 13.0. The van der Waals surface area contributed by atoms with E-state index >= 15 is 0 Å². The van der Waals surface area contributed by atoms with Crippen LogP contribution in [-0.4, -0.2) is 30.6 Å². The molecule has 1 fully saturated rings. The average molecular weight is 322 g/mol. The number of nitrogens with one attached hydrogen (secondary N) is 1. The van der Waals surface area contributed by atoms with E-state index in [0.29, 0.717) is 32.6 Å². The summed E-state index contributed by atoms with van der Waals surface area (Å²) in [5.41, 5.74) is 7.06. The molecule has 114 valence electrons. The molecule has 2 heterocycles. The summed E-state index contributed by atoms with van der Waals surface area (Å²) >= 11 is 0. The molecule has 0 spiro atoms. The molecule has 7 heteroatoms. The molecule has 1 aliphatic rings. The van der Waals surface area contributed by atoms with Gasteiger partial charge in [-0.1, -0.05) is 0 Å². The highest BCUT2D eigenvalue weighted by Crippen LogP contribution is 2.31. The molecule has 0 saturated carbocycles. The van der Waals surface area contributed by atoms with E-state index in [1.54, 1.807) is 18.5 Å². The van der Waals surface area contributed by atoms with Gasteiger partial charge in [-0.2, -0.15) is 0 Å². The lowest BCUT2D eigenvalue weighted by molar-refractivity contribution is -0.130. The molecule has 0 radical (unpaired) electrons. The van der Waals surface area contributed by atoms with Gasteiger partial charge in [0, 0.05) is 37.8 Å². The molecule has 0 atom stereocenters. The number of carbonyl (C=O) groups excluding carboxylic acids is 1. The van der Waals surface area contributed by atoms with Crippen LogP contribution in [0.3, 0.4) is 0 Å². The molecule has 0 unspecified atom stereocenters. The van der Waals surface area contributed by atoms with Crippen molar-refractivity contribution in [3.8, 4) is 0 Å². The number of rotatable bonds is 3. The second kappa shape index (κ2) is 8.42. The van der Waals surface area contributed by atoms with Crippen molar-refractivity contribution < 1.29 is 9.53 Å². The zero-order valence-electron chi connectivity index (χ0n) is 11.4. The van der Waals surface area contributed by atoms with Gasteiger partial charge in [-0.3, -0.25) is 9.78 Å². The van der Waals surface area contributed by atoms with Gasteiger partial charge in [-0.15, -0.1) is 24.8 Å². The number of halogens is 2. The maximum atomic E-state index is 12.4. The highest BCUT2D eigenvalue weighted by atomic mass is 35.5. The van der Waals surface area contributed by atoms with Crippen LogP contribution < -0.4 is 11.1 Å². The molecule has 1 amide bonds. The lowest BCUT2D eigenvalue weighted by atomic mass is 9.79. The van der Waals surface area contributed by atoms with Crippen LogP contribution in [-0.2, 0) is 9.53 Å². The van der Waals surface area contributed by atoms with Gasteiger partial charge in [0.1, 0.15) is 0 Å². The fraction of sp³-hybridized carbons (Fsp3) is 0.538. The van der Waals surface area contributed by atoms with Crippen LogP contribution in [0.2, 0.25) is 0 Å². The predicted octanol–water partition coefficient (Wildman–Crippen LogP) is 1.93. The van der Waals surface area contributed by atoms with E-state index in [0.717, 1.165) is 11.3 Å². The van der Waals surface area contributed by atoms with E-state index in [-0.39, 0.29) is 30.7 Å². The van der Waals surface area contributed by atoms with E-state index < -0.39 is 5.41 Å². The van der Waals surface area contributed by atoms with E-state index in [9.17, 15) is 4.79 Å². The number of anilines is 1. The molecule has 0 bridgehead atoms. The number of ether oxygens (including phenoxy) is 1. The number of nitrogens with zero attached hydrogens (tertiary/aromatic N) is 1. The van der Waals surface area contributed by atoms with Crippen molar-refractivity contribution in [2.45, 2.75) is 19.8 Å². The van der Waals surface area contributed by atoms with Crippen LogP contribution in [0.1, 0.15) is 18.4 Å². The number of carbonyl (C=O) groups is 1. The predicted molar refractivity (Wildman–Crippen MR) is 83.6 cm³/mol. The summed E-state index contributed by atoms with van der Waals surface area (Å²) < 4.78 is 5.31.